The monoisotopic (exact) mass is 319 g/mol. The Labute approximate surface area is 141 Å². The van der Waals surface area contributed by atoms with Gasteiger partial charge in [0.2, 0.25) is 5.91 Å². The minimum absolute atomic E-state index is 0.159. The Kier molecular flexibility index (Phi) is 4.71. The zero-order chi connectivity index (χ0) is 16.9. The van der Waals surface area contributed by atoms with Crippen LogP contribution in [0.2, 0.25) is 0 Å². The van der Waals surface area contributed by atoms with Gasteiger partial charge >= 0.3 is 0 Å². The first-order chi connectivity index (χ1) is 11.6. The molecule has 3 aromatic carbocycles. The maximum absolute atomic E-state index is 14.5. The molecule has 3 aromatic rings. The summed E-state index contributed by atoms with van der Waals surface area (Å²) in [5.74, 6) is -0.921. The largest absolute Gasteiger partial charge is 0.326 e. The molecule has 0 aromatic heterocycles. The van der Waals surface area contributed by atoms with E-state index < -0.39 is 5.92 Å². The molecule has 2 nitrogen and oxygen atoms in total. The zero-order valence-electron chi connectivity index (χ0n) is 13.4. The van der Waals surface area contributed by atoms with Gasteiger partial charge in [-0.2, -0.15) is 0 Å². The fraction of sp³-hybridized carbons (Fsp3) is 0.0952. The minimum Gasteiger partial charge on any atom is -0.326 e. The summed E-state index contributed by atoms with van der Waals surface area (Å²) >= 11 is 0. The Morgan fingerprint density at radius 3 is 2.17 bits per heavy atom. The summed E-state index contributed by atoms with van der Waals surface area (Å²) in [4.78, 5) is 12.3. The standard InChI is InChI=1S/C21H18FNO/c1-15(21(24)23-18-10-6-3-7-11-18)17-12-13-19(20(22)14-17)16-8-4-2-5-9-16/h2-15H,1H3,(H,23,24)/t15-/m1/s1. The fourth-order valence-corrected chi connectivity index (χ4v) is 2.58. The molecule has 0 saturated heterocycles. The van der Waals surface area contributed by atoms with Gasteiger partial charge in [-0.05, 0) is 36.2 Å². The molecule has 1 atom stereocenters. The number of hydrogen-bond acceptors (Lipinski definition) is 1. The number of nitrogens with one attached hydrogen (secondary N) is 1. The third-order valence-electron chi connectivity index (χ3n) is 4.01. The van der Waals surface area contributed by atoms with Crippen LogP contribution in [0.3, 0.4) is 0 Å². The molecule has 0 spiro atoms. The maximum atomic E-state index is 14.5. The smallest absolute Gasteiger partial charge is 0.231 e. The van der Waals surface area contributed by atoms with Gasteiger partial charge in [0.05, 0.1) is 5.92 Å². The molecule has 0 aliphatic carbocycles. The molecule has 0 radical (unpaired) electrons. The first kappa shape index (κ1) is 15.9. The summed E-state index contributed by atoms with van der Waals surface area (Å²) < 4.78 is 14.5. The van der Waals surface area contributed by atoms with Crippen molar-refractivity contribution >= 4 is 11.6 Å². The number of benzene rings is 3. The van der Waals surface area contributed by atoms with Gasteiger partial charge in [0, 0.05) is 11.3 Å². The number of anilines is 1. The highest BCUT2D eigenvalue weighted by atomic mass is 19.1. The second-order valence-corrected chi connectivity index (χ2v) is 5.68. The Morgan fingerprint density at radius 1 is 0.917 bits per heavy atom. The summed E-state index contributed by atoms with van der Waals surface area (Å²) in [5, 5.41) is 2.84. The van der Waals surface area contributed by atoms with E-state index in [0.717, 1.165) is 11.3 Å². The molecule has 0 fully saturated rings. The summed E-state index contributed by atoms with van der Waals surface area (Å²) in [6.07, 6.45) is 0. The predicted octanol–water partition coefficient (Wildman–Crippen LogP) is 5.23. The van der Waals surface area contributed by atoms with Gasteiger partial charge < -0.3 is 5.32 Å². The van der Waals surface area contributed by atoms with E-state index in [1.54, 1.807) is 19.1 Å². The topological polar surface area (TPSA) is 29.1 Å². The van der Waals surface area contributed by atoms with Crippen molar-refractivity contribution in [2.75, 3.05) is 5.32 Å². The molecule has 0 aliphatic rings. The molecule has 24 heavy (non-hydrogen) atoms. The molecule has 0 bridgehead atoms. The van der Waals surface area contributed by atoms with E-state index in [-0.39, 0.29) is 11.7 Å². The van der Waals surface area contributed by atoms with Gasteiger partial charge in [0.25, 0.3) is 0 Å². The molecular formula is C21H18FNO. The highest BCUT2D eigenvalue weighted by Crippen LogP contribution is 2.26. The number of para-hydroxylation sites is 1. The van der Waals surface area contributed by atoms with Gasteiger partial charge in [-0.25, -0.2) is 4.39 Å². The number of rotatable bonds is 4. The van der Waals surface area contributed by atoms with Crippen LogP contribution >= 0.6 is 0 Å². The summed E-state index contributed by atoms with van der Waals surface area (Å²) in [5.41, 5.74) is 2.74. The van der Waals surface area contributed by atoms with Gasteiger partial charge in [0.15, 0.2) is 0 Å². The Balaban J connectivity index is 1.79. The SMILES string of the molecule is C[C@@H](C(=O)Nc1ccccc1)c1ccc(-c2ccccc2)c(F)c1. The fourth-order valence-electron chi connectivity index (χ4n) is 2.58. The second-order valence-electron chi connectivity index (χ2n) is 5.68. The number of carbonyl (C=O) groups is 1. The molecule has 120 valence electrons. The van der Waals surface area contributed by atoms with Crippen molar-refractivity contribution in [1.29, 1.82) is 0 Å². The van der Waals surface area contributed by atoms with Crippen molar-refractivity contribution in [3.8, 4) is 11.1 Å². The predicted molar refractivity (Wildman–Crippen MR) is 95.3 cm³/mol. The lowest BCUT2D eigenvalue weighted by molar-refractivity contribution is -0.117. The number of carbonyl (C=O) groups excluding carboxylic acids is 1. The molecule has 0 heterocycles. The highest BCUT2D eigenvalue weighted by molar-refractivity contribution is 5.95. The third-order valence-corrected chi connectivity index (χ3v) is 4.01. The van der Waals surface area contributed by atoms with Gasteiger partial charge in [-0.1, -0.05) is 60.7 Å². The lowest BCUT2D eigenvalue weighted by atomic mass is 9.96. The minimum atomic E-state index is -0.440. The molecule has 3 heteroatoms. The van der Waals surface area contributed by atoms with Crippen LogP contribution < -0.4 is 5.32 Å². The van der Waals surface area contributed by atoms with Crippen LogP contribution in [0, 0.1) is 5.82 Å². The third kappa shape index (κ3) is 3.51. The molecule has 3 rings (SSSR count). The first-order valence-electron chi connectivity index (χ1n) is 7.86. The second kappa shape index (κ2) is 7.09. The van der Waals surface area contributed by atoms with Crippen LogP contribution in [-0.2, 0) is 4.79 Å². The number of amides is 1. The van der Waals surface area contributed by atoms with Gasteiger partial charge in [-0.15, -0.1) is 0 Å². The quantitative estimate of drug-likeness (QED) is 0.700. The average Bonchev–Trinajstić information content (AvgIpc) is 2.62. The lowest BCUT2D eigenvalue weighted by Crippen LogP contribution is -2.18. The molecule has 1 amide bonds. The van der Waals surface area contributed by atoms with Crippen molar-refractivity contribution in [3.63, 3.8) is 0 Å². The van der Waals surface area contributed by atoms with E-state index in [9.17, 15) is 9.18 Å². The summed E-state index contributed by atoms with van der Waals surface area (Å²) in [7, 11) is 0. The van der Waals surface area contributed by atoms with E-state index in [1.165, 1.54) is 6.07 Å². The summed E-state index contributed by atoms with van der Waals surface area (Å²) in [6.45, 7) is 1.77. The van der Waals surface area contributed by atoms with Gasteiger partial charge in [-0.3, -0.25) is 4.79 Å². The molecule has 0 saturated carbocycles. The van der Waals surface area contributed by atoms with Crippen LogP contribution in [0.5, 0.6) is 0 Å². The van der Waals surface area contributed by atoms with E-state index in [1.807, 2.05) is 60.7 Å². The van der Waals surface area contributed by atoms with Gasteiger partial charge in [0.1, 0.15) is 5.82 Å². The van der Waals surface area contributed by atoms with Crippen LogP contribution in [-0.4, -0.2) is 5.91 Å². The Morgan fingerprint density at radius 2 is 1.54 bits per heavy atom. The normalized spacial score (nSPS) is 11.8. The molecule has 0 aliphatic heterocycles. The first-order valence-corrected chi connectivity index (χ1v) is 7.86. The number of hydrogen-bond donors (Lipinski definition) is 1. The Hall–Kier alpha value is -2.94. The van der Waals surface area contributed by atoms with Crippen molar-refractivity contribution in [1.82, 2.24) is 0 Å². The van der Waals surface area contributed by atoms with Crippen molar-refractivity contribution in [2.45, 2.75) is 12.8 Å². The van der Waals surface area contributed by atoms with Crippen LogP contribution in [0.15, 0.2) is 78.9 Å². The maximum Gasteiger partial charge on any atom is 0.231 e. The lowest BCUT2D eigenvalue weighted by Gasteiger charge is -2.14. The van der Waals surface area contributed by atoms with Crippen LogP contribution in [0.4, 0.5) is 10.1 Å². The van der Waals surface area contributed by atoms with E-state index in [0.29, 0.717) is 11.1 Å². The molecule has 0 unspecified atom stereocenters. The number of halogens is 1. The van der Waals surface area contributed by atoms with E-state index in [2.05, 4.69) is 5.32 Å². The highest BCUT2D eigenvalue weighted by Gasteiger charge is 2.17. The van der Waals surface area contributed by atoms with Crippen molar-refractivity contribution < 1.29 is 9.18 Å². The average molecular weight is 319 g/mol. The zero-order valence-corrected chi connectivity index (χ0v) is 13.4. The van der Waals surface area contributed by atoms with Crippen LogP contribution in [0.25, 0.3) is 11.1 Å². The Bertz CT molecular complexity index is 831. The van der Waals surface area contributed by atoms with Crippen molar-refractivity contribution in [2.24, 2.45) is 0 Å². The summed E-state index contributed by atoms with van der Waals surface area (Å²) in [6, 6.07) is 23.6. The molecular weight excluding hydrogens is 301 g/mol. The van der Waals surface area contributed by atoms with E-state index in [4.69, 9.17) is 0 Å². The van der Waals surface area contributed by atoms with Crippen LogP contribution in [0.1, 0.15) is 18.4 Å². The van der Waals surface area contributed by atoms with Crippen molar-refractivity contribution in [3.05, 3.63) is 90.2 Å². The molecule has 1 N–H and O–H groups in total. The van der Waals surface area contributed by atoms with E-state index >= 15 is 0 Å².